The van der Waals surface area contributed by atoms with Crippen LogP contribution in [0.4, 0.5) is 11.4 Å². The Hall–Kier alpha value is -4.50. The number of aromatic nitrogens is 2. The zero-order valence-corrected chi connectivity index (χ0v) is 25.3. The van der Waals surface area contributed by atoms with Gasteiger partial charge in [0.1, 0.15) is 11.2 Å². The summed E-state index contributed by atoms with van der Waals surface area (Å²) in [6.45, 7) is 8.28. The number of hydrogen-bond donors (Lipinski definition) is 1. The summed E-state index contributed by atoms with van der Waals surface area (Å²) in [5.74, 6) is 0.218. The zero-order valence-electron chi connectivity index (χ0n) is 25.3. The molecule has 0 bridgehead atoms. The van der Waals surface area contributed by atoms with Crippen LogP contribution in [0.2, 0.25) is 0 Å². The summed E-state index contributed by atoms with van der Waals surface area (Å²) < 4.78 is 7.75. The second kappa shape index (κ2) is 12.8. The van der Waals surface area contributed by atoms with Gasteiger partial charge >= 0.3 is 0 Å². The lowest BCUT2D eigenvalue weighted by Crippen LogP contribution is -2.47. The standard InChI is InChI=1S/C34H39N5O4/c1-5-39-29-12-11-27(22-30(29)37(4)32(41)34(2,3)33(39)42)43-20-8-16-35-23-24-13-17-36-26(21-24)15-19-38-18-14-25-9-6-7-10-28(25)31(38)40/h6-7,9-14,17-18,21-22,35H,5,8,15-16,19-20,23H2,1-4H3. The highest BCUT2D eigenvalue weighted by molar-refractivity contribution is 6.20. The minimum atomic E-state index is -1.14. The van der Waals surface area contributed by atoms with Gasteiger partial charge in [0.2, 0.25) is 11.8 Å². The molecule has 1 aliphatic rings. The number of fused-ring (bicyclic) bond motifs is 2. The Bertz CT molecular complexity index is 1700. The van der Waals surface area contributed by atoms with Crippen molar-refractivity contribution in [2.45, 2.75) is 46.7 Å². The maximum absolute atomic E-state index is 13.1. The van der Waals surface area contributed by atoms with Crippen LogP contribution in [-0.4, -0.2) is 48.1 Å². The topological polar surface area (TPSA) is 96.8 Å². The van der Waals surface area contributed by atoms with Gasteiger partial charge in [-0.1, -0.05) is 18.2 Å². The number of carbonyl (C=O) groups excluding carboxylic acids is 2. The number of benzene rings is 2. The summed E-state index contributed by atoms with van der Waals surface area (Å²) in [6, 6.07) is 19.2. The van der Waals surface area contributed by atoms with E-state index in [0.717, 1.165) is 35.0 Å². The van der Waals surface area contributed by atoms with E-state index in [9.17, 15) is 14.4 Å². The van der Waals surface area contributed by atoms with Crippen molar-refractivity contribution in [1.29, 1.82) is 0 Å². The second-order valence-corrected chi connectivity index (χ2v) is 11.4. The number of nitrogens with zero attached hydrogens (tertiary/aromatic N) is 4. The number of aryl methyl sites for hydroxylation is 2. The van der Waals surface area contributed by atoms with E-state index in [4.69, 9.17) is 4.74 Å². The summed E-state index contributed by atoms with van der Waals surface area (Å²) >= 11 is 0. The molecule has 2 aromatic carbocycles. The Morgan fingerprint density at radius 1 is 0.953 bits per heavy atom. The summed E-state index contributed by atoms with van der Waals surface area (Å²) in [5.41, 5.74) is 2.34. The third kappa shape index (κ3) is 6.32. The molecule has 9 heteroatoms. The summed E-state index contributed by atoms with van der Waals surface area (Å²) in [5, 5.41) is 5.14. The first kappa shape index (κ1) is 30.0. The lowest BCUT2D eigenvalue weighted by molar-refractivity contribution is -0.137. The number of nitrogens with one attached hydrogen (secondary N) is 1. The van der Waals surface area contributed by atoms with Crippen LogP contribution in [0.1, 0.15) is 38.4 Å². The Morgan fingerprint density at radius 3 is 2.58 bits per heavy atom. The van der Waals surface area contributed by atoms with Crippen molar-refractivity contribution in [3.8, 4) is 5.75 Å². The van der Waals surface area contributed by atoms with E-state index in [0.29, 0.717) is 49.8 Å². The molecule has 9 nitrogen and oxygen atoms in total. The molecule has 2 aromatic heterocycles. The Morgan fingerprint density at radius 2 is 1.77 bits per heavy atom. The van der Waals surface area contributed by atoms with Gasteiger partial charge in [-0.15, -0.1) is 0 Å². The third-order valence-electron chi connectivity index (χ3n) is 8.01. The predicted octanol–water partition coefficient (Wildman–Crippen LogP) is 4.55. The smallest absolute Gasteiger partial charge is 0.258 e. The molecule has 5 rings (SSSR count). The highest BCUT2D eigenvalue weighted by Crippen LogP contribution is 2.40. The van der Waals surface area contributed by atoms with Gasteiger partial charge in [-0.2, -0.15) is 0 Å². The Balaban J connectivity index is 1.10. The van der Waals surface area contributed by atoms with Crippen molar-refractivity contribution < 1.29 is 14.3 Å². The molecule has 0 saturated carbocycles. The number of carbonyl (C=O) groups is 2. The van der Waals surface area contributed by atoms with Gasteiger partial charge in [0.05, 0.1) is 18.0 Å². The van der Waals surface area contributed by atoms with E-state index in [1.165, 1.54) is 0 Å². The van der Waals surface area contributed by atoms with E-state index in [1.807, 2.05) is 73.9 Å². The van der Waals surface area contributed by atoms with Crippen LogP contribution in [0.25, 0.3) is 10.8 Å². The second-order valence-electron chi connectivity index (χ2n) is 11.4. The predicted molar refractivity (Wildman–Crippen MR) is 170 cm³/mol. The lowest BCUT2D eigenvalue weighted by atomic mass is 9.90. The maximum Gasteiger partial charge on any atom is 0.258 e. The van der Waals surface area contributed by atoms with Crippen LogP contribution in [0.15, 0.2) is 77.9 Å². The maximum atomic E-state index is 13.1. The largest absolute Gasteiger partial charge is 0.493 e. The SMILES string of the molecule is CCN1C(=O)C(C)(C)C(=O)N(C)c2cc(OCCCNCc3ccnc(CCn4ccc5ccccc5c4=O)c3)ccc21. The monoisotopic (exact) mass is 581 g/mol. The molecule has 2 amide bonds. The van der Waals surface area contributed by atoms with Crippen LogP contribution < -0.4 is 25.4 Å². The highest BCUT2D eigenvalue weighted by atomic mass is 16.5. The molecule has 4 aromatic rings. The lowest BCUT2D eigenvalue weighted by Gasteiger charge is -2.27. The van der Waals surface area contributed by atoms with Crippen LogP contribution in [-0.2, 0) is 29.1 Å². The molecule has 43 heavy (non-hydrogen) atoms. The quantitative estimate of drug-likeness (QED) is 0.206. The fraction of sp³-hybridized carbons (Fsp3) is 0.353. The van der Waals surface area contributed by atoms with Crippen molar-refractivity contribution in [3.63, 3.8) is 0 Å². The summed E-state index contributed by atoms with van der Waals surface area (Å²) in [6.07, 6.45) is 5.13. The molecular formula is C34H39N5O4. The number of rotatable bonds is 11. The average molecular weight is 582 g/mol. The number of pyridine rings is 2. The van der Waals surface area contributed by atoms with E-state index >= 15 is 0 Å². The molecule has 3 heterocycles. The fourth-order valence-electron chi connectivity index (χ4n) is 5.51. The average Bonchev–Trinajstić information content (AvgIpc) is 3.07. The highest BCUT2D eigenvalue weighted by Gasteiger charge is 2.45. The van der Waals surface area contributed by atoms with Crippen molar-refractivity contribution in [2.75, 3.05) is 36.5 Å². The molecule has 0 spiro atoms. The molecule has 0 aliphatic carbocycles. The zero-order chi connectivity index (χ0) is 30.6. The summed E-state index contributed by atoms with van der Waals surface area (Å²) in [7, 11) is 1.71. The van der Waals surface area contributed by atoms with Gasteiger partial charge < -0.3 is 24.4 Å². The molecule has 0 atom stereocenters. The Kier molecular flexibility index (Phi) is 8.92. The van der Waals surface area contributed by atoms with Crippen LogP contribution in [0.3, 0.4) is 0 Å². The van der Waals surface area contributed by atoms with Gasteiger partial charge in [0.15, 0.2) is 0 Å². The first-order chi connectivity index (χ1) is 20.7. The number of amides is 2. The van der Waals surface area contributed by atoms with E-state index < -0.39 is 5.41 Å². The molecule has 1 aliphatic heterocycles. The third-order valence-corrected chi connectivity index (χ3v) is 8.01. The van der Waals surface area contributed by atoms with E-state index in [2.05, 4.69) is 16.4 Å². The number of anilines is 2. The van der Waals surface area contributed by atoms with Crippen molar-refractivity contribution in [2.24, 2.45) is 5.41 Å². The Labute approximate surface area is 252 Å². The van der Waals surface area contributed by atoms with E-state index in [-0.39, 0.29) is 17.4 Å². The number of ether oxygens (including phenoxy) is 1. The molecule has 1 N–H and O–H groups in total. The van der Waals surface area contributed by atoms with Crippen molar-refractivity contribution in [3.05, 3.63) is 94.7 Å². The minimum absolute atomic E-state index is 0.0199. The van der Waals surface area contributed by atoms with Crippen LogP contribution in [0.5, 0.6) is 5.75 Å². The van der Waals surface area contributed by atoms with Gasteiger partial charge in [-0.25, -0.2) is 0 Å². The van der Waals surface area contributed by atoms with Gasteiger partial charge in [0.25, 0.3) is 5.56 Å². The molecule has 224 valence electrons. The normalized spacial score (nSPS) is 14.6. The molecular weight excluding hydrogens is 542 g/mol. The first-order valence-electron chi connectivity index (χ1n) is 14.8. The molecule has 0 unspecified atom stereocenters. The molecule has 0 fully saturated rings. The number of hydrogen-bond acceptors (Lipinski definition) is 6. The summed E-state index contributed by atoms with van der Waals surface area (Å²) in [4.78, 5) is 46.6. The van der Waals surface area contributed by atoms with E-state index in [1.54, 1.807) is 35.3 Å². The van der Waals surface area contributed by atoms with Gasteiger partial charge in [-0.3, -0.25) is 19.4 Å². The molecule has 0 saturated heterocycles. The molecule has 0 radical (unpaired) electrons. The minimum Gasteiger partial charge on any atom is -0.493 e. The van der Waals surface area contributed by atoms with Crippen LogP contribution >= 0.6 is 0 Å². The van der Waals surface area contributed by atoms with Crippen molar-refractivity contribution >= 4 is 34.0 Å². The fourth-order valence-corrected chi connectivity index (χ4v) is 5.51. The van der Waals surface area contributed by atoms with Gasteiger partial charge in [0, 0.05) is 62.6 Å². The van der Waals surface area contributed by atoms with Crippen molar-refractivity contribution in [1.82, 2.24) is 14.9 Å². The first-order valence-corrected chi connectivity index (χ1v) is 14.8. The van der Waals surface area contributed by atoms with Gasteiger partial charge in [-0.05, 0) is 81.1 Å². The van der Waals surface area contributed by atoms with Crippen LogP contribution in [0, 0.1) is 5.41 Å².